The summed E-state index contributed by atoms with van der Waals surface area (Å²) in [5, 5.41) is 4.59. The minimum atomic E-state index is -4.21. The fraction of sp³-hybridized carbons (Fsp3) is 0.800. The van der Waals surface area contributed by atoms with Crippen molar-refractivity contribution in [1.29, 1.82) is 0 Å². The number of nitrogens with one attached hydrogen (secondary N) is 2. The molecule has 0 aromatic rings. The van der Waals surface area contributed by atoms with Crippen LogP contribution in [0, 0.1) is 0 Å². The van der Waals surface area contributed by atoms with Crippen molar-refractivity contribution in [3.8, 4) is 0 Å². The van der Waals surface area contributed by atoms with Crippen molar-refractivity contribution in [2.45, 2.75) is 13.1 Å². The molecule has 0 saturated carbocycles. The third kappa shape index (κ3) is 7.38. The minimum Gasteiger partial charge on any atom is -0.363 e. The van der Waals surface area contributed by atoms with Gasteiger partial charge in [-0.25, -0.2) is 0 Å². The van der Waals surface area contributed by atoms with E-state index in [4.69, 9.17) is 0 Å². The molecule has 0 aliphatic rings. The minimum absolute atomic E-state index is 0.0322. The topological polar surface area (TPSA) is 24.1 Å². The van der Waals surface area contributed by atoms with Crippen LogP contribution < -0.4 is 10.6 Å². The first-order chi connectivity index (χ1) is 4.95. The van der Waals surface area contributed by atoms with Crippen LogP contribution in [-0.2, 0) is 0 Å². The first-order valence-electron chi connectivity index (χ1n) is 3.04. The summed E-state index contributed by atoms with van der Waals surface area (Å²) < 4.78 is 34.5. The van der Waals surface area contributed by atoms with Gasteiger partial charge >= 0.3 is 6.18 Å². The Kier molecular flexibility index (Phi) is 4.17. The molecule has 0 unspecified atom stereocenters. The van der Waals surface area contributed by atoms with E-state index in [1.165, 1.54) is 0 Å². The van der Waals surface area contributed by atoms with E-state index >= 15 is 0 Å². The number of hydrogen-bond acceptors (Lipinski definition) is 1. The molecule has 2 nitrogen and oxygen atoms in total. The van der Waals surface area contributed by atoms with Crippen LogP contribution in [0.5, 0.6) is 0 Å². The molecule has 0 aliphatic carbocycles. The summed E-state index contributed by atoms with van der Waals surface area (Å²) in [5.41, 5.74) is 0. The quantitative estimate of drug-likeness (QED) is 0.630. The normalized spacial score (nSPS) is 10.9. The van der Waals surface area contributed by atoms with E-state index in [9.17, 15) is 13.2 Å². The van der Waals surface area contributed by atoms with E-state index in [1.54, 1.807) is 6.92 Å². The van der Waals surface area contributed by atoms with Crippen molar-refractivity contribution >= 4 is 17.3 Å². The summed E-state index contributed by atoms with van der Waals surface area (Å²) in [5.74, 6) is 0. The third-order valence-electron chi connectivity index (χ3n) is 0.787. The molecule has 66 valence electrons. The second-order valence-electron chi connectivity index (χ2n) is 1.83. The Bertz CT molecular complexity index is 134. The van der Waals surface area contributed by atoms with Gasteiger partial charge in [-0.05, 0) is 19.1 Å². The van der Waals surface area contributed by atoms with E-state index in [1.807, 2.05) is 5.32 Å². The summed E-state index contributed by atoms with van der Waals surface area (Å²) >= 11 is 4.50. The van der Waals surface area contributed by atoms with Gasteiger partial charge in [0.05, 0.1) is 0 Å². The highest BCUT2D eigenvalue weighted by Gasteiger charge is 2.26. The Morgan fingerprint density at radius 3 is 2.27 bits per heavy atom. The standard InChI is InChI=1S/C5H9F3N2S/c1-2-9-4(11)10-3-5(6,7)8/h2-3H2,1H3,(H2,9,10,11). The molecular weight excluding hydrogens is 177 g/mol. The predicted molar refractivity (Wildman–Crippen MR) is 40.3 cm³/mol. The van der Waals surface area contributed by atoms with Crippen LogP contribution in [0.3, 0.4) is 0 Å². The van der Waals surface area contributed by atoms with Crippen LogP contribution in [0.25, 0.3) is 0 Å². The summed E-state index contributed by atoms with van der Waals surface area (Å²) in [6, 6.07) is 0. The highest BCUT2D eigenvalue weighted by molar-refractivity contribution is 7.80. The van der Waals surface area contributed by atoms with Crippen LogP contribution in [0.4, 0.5) is 13.2 Å². The van der Waals surface area contributed by atoms with Gasteiger partial charge in [-0.2, -0.15) is 13.2 Å². The van der Waals surface area contributed by atoms with Gasteiger partial charge in [-0.15, -0.1) is 0 Å². The fourth-order valence-corrected chi connectivity index (χ4v) is 0.620. The van der Waals surface area contributed by atoms with E-state index in [0.717, 1.165) is 0 Å². The fourth-order valence-electron chi connectivity index (χ4n) is 0.404. The highest BCUT2D eigenvalue weighted by Crippen LogP contribution is 2.11. The van der Waals surface area contributed by atoms with E-state index < -0.39 is 12.7 Å². The SMILES string of the molecule is CCNC(=S)NCC(F)(F)F. The van der Waals surface area contributed by atoms with E-state index in [2.05, 4.69) is 17.5 Å². The van der Waals surface area contributed by atoms with Crippen LogP contribution in [0.2, 0.25) is 0 Å². The lowest BCUT2D eigenvalue weighted by Crippen LogP contribution is -2.40. The largest absolute Gasteiger partial charge is 0.405 e. The maximum atomic E-state index is 11.5. The molecule has 0 amide bonds. The number of thiocarbonyl (C=S) groups is 1. The average molecular weight is 186 g/mol. The summed E-state index contributed by atoms with van der Waals surface area (Å²) in [6.07, 6.45) is -4.21. The molecule has 0 saturated heterocycles. The Balaban J connectivity index is 3.46. The second kappa shape index (κ2) is 4.38. The molecule has 0 aromatic carbocycles. The van der Waals surface area contributed by atoms with Gasteiger partial charge in [0.15, 0.2) is 5.11 Å². The molecule has 0 atom stereocenters. The number of rotatable bonds is 2. The van der Waals surface area contributed by atoms with Gasteiger partial charge in [0, 0.05) is 6.54 Å². The van der Waals surface area contributed by atoms with Gasteiger partial charge < -0.3 is 10.6 Å². The van der Waals surface area contributed by atoms with Gasteiger partial charge in [0.2, 0.25) is 0 Å². The van der Waals surface area contributed by atoms with E-state index in [-0.39, 0.29) is 5.11 Å². The molecule has 0 heterocycles. The zero-order valence-electron chi connectivity index (χ0n) is 5.96. The summed E-state index contributed by atoms with van der Waals surface area (Å²) in [4.78, 5) is 0. The second-order valence-corrected chi connectivity index (χ2v) is 2.24. The molecule has 0 aromatic heterocycles. The van der Waals surface area contributed by atoms with Gasteiger partial charge in [0.1, 0.15) is 6.54 Å². The zero-order valence-corrected chi connectivity index (χ0v) is 6.77. The number of hydrogen-bond donors (Lipinski definition) is 2. The van der Waals surface area contributed by atoms with Crippen molar-refractivity contribution < 1.29 is 13.2 Å². The Hall–Kier alpha value is -0.520. The Labute approximate surface area is 68.2 Å². The van der Waals surface area contributed by atoms with Crippen molar-refractivity contribution in [2.75, 3.05) is 13.1 Å². The lowest BCUT2D eigenvalue weighted by Gasteiger charge is -2.10. The van der Waals surface area contributed by atoms with Gasteiger partial charge in [-0.1, -0.05) is 0 Å². The summed E-state index contributed by atoms with van der Waals surface area (Å²) in [6.45, 7) is 1.18. The molecule has 0 fully saturated rings. The third-order valence-corrected chi connectivity index (χ3v) is 1.08. The lowest BCUT2D eigenvalue weighted by atomic mass is 10.6. The predicted octanol–water partition coefficient (Wildman–Crippen LogP) is 1.03. The maximum Gasteiger partial charge on any atom is 0.405 e. The van der Waals surface area contributed by atoms with Crippen LogP contribution in [-0.4, -0.2) is 24.4 Å². The van der Waals surface area contributed by atoms with Crippen LogP contribution in [0.15, 0.2) is 0 Å². The Morgan fingerprint density at radius 2 is 1.91 bits per heavy atom. The molecule has 0 spiro atoms. The summed E-state index contributed by atoms with van der Waals surface area (Å²) in [7, 11) is 0. The number of alkyl halides is 3. The maximum absolute atomic E-state index is 11.5. The van der Waals surface area contributed by atoms with Crippen LogP contribution in [0.1, 0.15) is 6.92 Å². The Morgan fingerprint density at radius 1 is 1.36 bits per heavy atom. The average Bonchev–Trinajstić information content (AvgIpc) is 1.83. The smallest absolute Gasteiger partial charge is 0.363 e. The first kappa shape index (κ1) is 10.5. The first-order valence-corrected chi connectivity index (χ1v) is 3.45. The highest BCUT2D eigenvalue weighted by atomic mass is 32.1. The molecular formula is C5H9F3N2S. The monoisotopic (exact) mass is 186 g/mol. The van der Waals surface area contributed by atoms with Crippen molar-refractivity contribution in [3.05, 3.63) is 0 Å². The molecule has 0 aliphatic heterocycles. The molecule has 6 heteroatoms. The zero-order chi connectivity index (χ0) is 8.91. The van der Waals surface area contributed by atoms with Gasteiger partial charge in [0.25, 0.3) is 0 Å². The lowest BCUT2D eigenvalue weighted by molar-refractivity contribution is -0.122. The van der Waals surface area contributed by atoms with Crippen LogP contribution >= 0.6 is 12.2 Å². The van der Waals surface area contributed by atoms with Crippen molar-refractivity contribution in [1.82, 2.24) is 10.6 Å². The number of halogens is 3. The molecule has 0 bridgehead atoms. The molecule has 0 radical (unpaired) electrons. The molecule has 2 N–H and O–H groups in total. The van der Waals surface area contributed by atoms with Crippen molar-refractivity contribution in [3.63, 3.8) is 0 Å². The van der Waals surface area contributed by atoms with Crippen molar-refractivity contribution in [2.24, 2.45) is 0 Å². The van der Waals surface area contributed by atoms with E-state index in [0.29, 0.717) is 6.54 Å². The molecule has 0 rings (SSSR count). The molecule has 11 heavy (non-hydrogen) atoms. The van der Waals surface area contributed by atoms with Gasteiger partial charge in [-0.3, -0.25) is 0 Å².